The molecule has 0 aliphatic rings. The molecular weight excluding hydrogens is 298 g/mol. The van der Waals surface area contributed by atoms with Crippen molar-refractivity contribution in [1.82, 2.24) is 10.1 Å². The molecule has 0 aliphatic carbocycles. The quantitative estimate of drug-likeness (QED) is 0.877. The number of aromatic nitrogens is 2. The normalized spacial score (nSPS) is 11.4. The summed E-state index contributed by atoms with van der Waals surface area (Å²) in [5.41, 5.74) is 0.816. The van der Waals surface area contributed by atoms with Crippen LogP contribution in [-0.4, -0.2) is 29.6 Å². The van der Waals surface area contributed by atoms with E-state index in [9.17, 15) is 13.2 Å². The Balaban J connectivity index is 2.49. The van der Waals surface area contributed by atoms with Crippen LogP contribution >= 0.6 is 0 Å². The molecule has 2 aromatic rings. The molecule has 8 nitrogen and oxygen atoms in total. The number of hydrogen-bond donors (Lipinski definition) is 2. The summed E-state index contributed by atoms with van der Waals surface area (Å²) in [7, 11) is -4.01. The number of nitrogens with one attached hydrogen (secondary N) is 1. The zero-order valence-corrected chi connectivity index (χ0v) is 12.4. The fraction of sp³-hybridized carbons (Fsp3) is 0.250. The first-order valence-corrected chi connectivity index (χ1v) is 7.36. The molecule has 1 heterocycles. The van der Waals surface area contributed by atoms with Crippen LogP contribution < -0.4 is 4.72 Å². The maximum atomic E-state index is 12.3. The Morgan fingerprint density at radius 3 is 2.43 bits per heavy atom. The van der Waals surface area contributed by atoms with Gasteiger partial charge in [-0.25, -0.2) is 17.9 Å². The number of aryl methyl sites for hydroxylation is 3. The molecule has 2 rings (SSSR count). The minimum Gasteiger partial charge on any atom is -0.478 e. The molecule has 112 valence electrons. The third-order valence-electron chi connectivity index (χ3n) is 2.79. The van der Waals surface area contributed by atoms with Gasteiger partial charge >= 0.3 is 12.0 Å². The van der Waals surface area contributed by atoms with E-state index < -0.39 is 16.0 Å². The molecule has 0 saturated carbocycles. The van der Waals surface area contributed by atoms with Gasteiger partial charge in [0.25, 0.3) is 10.0 Å². The van der Waals surface area contributed by atoms with Crippen LogP contribution in [0.1, 0.15) is 27.3 Å². The van der Waals surface area contributed by atoms with E-state index >= 15 is 0 Å². The van der Waals surface area contributed by atoms with Gasteiger partial charge in [-0.3, -0.25) is 0 Å². The first-order chi connectivity index (χ1) is 9.70. The molecule has 0 spiro atoms. The summed E-state index contributed by atoms with van der Waals surface area (Å²) < 4.78 is 31.4. The molecule has 0 aliphatic heterocycles. The van der Waals surface area contributed by atoms with Crippen LogP contribution in [-0.2, 0) is 10.0 Å². The highest BCUT2D eigenvalue weighted by Gasteiger charge is 2.22. The van der Waals surface area contributed by atoms with Crippen LogP contribution in [0.25, 0.3) is 0 Å². The minimum absolute atomic E-state index is 0.0808. The van der Waals surface area contributed by atoms with Gasteiger partial charge in [-0.1, -0.05) is 11.2 Å². The predicted octanol–water partition coefficient (Wildman–Crippen LogP) is 1.49. The lowest BCUT2D eigenvalue weighted by Crippen LogP contribution is -2.16. The molecule has 9 heteroatoms. The maximum Gasteiger partial charge on any atom is 0.335 e. The van der Waals surface area contributed by atoms with E-state index in [1.807, 2.05) is 0 Å². The van der Waals surface area contributed by atoms with Crippen molar-refractivity contribution in [3.63, 3.8) is 0 Å². The maximum absolute atomic E-state index is 12.3. The zero-order valence-electron chi connectivity index (χ0n) is 11.5. The van der Waals surface area contributed by atoms with Gasteiger partial charge in [0.05, 0.1) is 10.5 Å². The lowest BCUT2D eigenvalue weighted by atomic mass is 10.1. The molecule has 0 unspecified atom stereocenters. The Kier molecular flexibility index (Phi) is 3.69. The van der Waals surface area contributed by atoms with Crippen molar-refractivity contribution in [3.8, 4) is 0 Å². The molecule has 0 atom stereocenters. The van der Waals surface area contributed by atoms with Crippen LogP contribution in [0.3, 0.4) is 0 Å². The number of rotatable bonds is 4. The Morgan fingerprint density at radius 2 is 1.90 bits per heavy atom. The van der Waals surface area contributed by atoms with Crippen LogP contribution in [0.4, 0.5) is 6.01 Å². The van der Waals surface area contributed by atoms with Gasteiger partial charge in [-0.05, 0) is 38.0 Å². The highest BCUT2D eigenvalue weighted by Crippen LogP contribution is 2.22. The van der Waals surface area contributed by atoms with Crippen LogP contribution in [0.15, 0.2) is 21.6 Å². The van der Waals surface area contributed by atoms with Gasteiger partial charge in [0.2, 0.25) is 0 Å². The number of carboxylic acids is 1. The Hall–Kier alpha value is -2.42. The molecule has 0 fully saturated rings. The monoisotopic (exact) mass is 311 g/mol. The smallest absolute Gasteiger partial charge is 0.335 e. The zero-order chi connectivity index (χ0) is 15.8. The topological polar surface area (TPSA) is 122 Å². The summed E-state index contributed by atoms with van der Waals surface area (Å²) in [5, 5.41) is 12.6. The van der Waals surface area contributed by atoms with E-state index in [2.05, 4.69) is 14.9 Å². The van der Waals surface area contributed by atoms with Gasteiger partial charge in [-0.15, -0.1) is 0 Å². The molecule has 1 aromatic carbocycles. The van der Waals surface area contributed by atoms with Crippen LogP contribution in [0, 0.1) is 20.8 Å². The summed E-state index contributed by atoms with van der Waals surface area (Å²) in [5.74, 6) is -0.919. The first kappa shape index (κ1) is 15.0. The van der Waals surface area contributed by atoms with Crippen molar-refractivity contribution in [1.29, 1.82) is 0 Å². The second-order valence-electron chi connectivity index (χ2n) is 4.49. The molecule has 21 heavy (non-hydrogen) atoms. The summed E-state index contributed by atoms with van der Waals surface area (Å²) >= 11 is 0. The predicted molar refractivity (Wildman–Crippen MR) is 72.7 cm³/mol. The van der Waals surface area contributed by atoms with Gasteiger partial charge in [-0.2, -0.15) is 4.98 Å². The Morgan fingerprint density at radius 1 is 1.24 bits per heavy atom. The lowest BCUT2D eigenvalue weighted by Gasteiger charge is -2.10. The van der Waals surface area contributed by atoms with Crippen molar-refractivity contribution in [3.05, 3.63) is 34.6 Å². The fourth-order valence-corrected chi connectivity index (χ4v) is 3.04. The second kappa shape index (κ2) is 5.17. The van der Waals surface area contributed by atoms with Crippen LogP contribution in [0.2, 0.25) is 0 Å². The van der Waals surface area contributed by atoms with E-state index in [0.29, 0.717) is 11.1 Å². The fourth-order valence-electron chi connectivity index (χ4n) is 1.86. The standard InChI is InChI=1S/C12H13N3O5S/c1-6-4-7(2)10(5-9(6)11(16)17)21(18,19)15-12-13-8(3)14-20-12/h4-5H,1-3H3,(H,16,17)(H,13,14,15). The summed E-state index contributed by atoms with van der Waals surface area (Å²) in [6, 6.07) is 2.33. The third kappa shape index (κ3) is 3.02. The van der Waals surface area contributed by atoms with Crippen molar-refractivity contribution in [2.24, 2.45) is 0 Å². The van der Waals surface area contributed by atoms with Crippen molar-refractivity contribution in [2.45, 2.75) is 25.7 Å². The van der Waals surface area contributed by atoms with Crippen LogP contribution in [0.5, 0.6) is 0 Å². The van der Waals surface area contributed by atoms with E-state index in [1.165, 1.54) is 6.07 Å². The van der Waals surface area contributed by atoms with E-state index in [4.69, 9.17) is 9.63 Å². The molecule has 0 bridgehead atoms. The Labute approximate surface area is 120 Å². The van der Waals surface area contributed by atoms with E-state index in [-0.39, 0.29) is 22.3 Å². The Bertz CT molecular complexity index is 810. The number of benzene rings is 1. The largest absolute Gasteiger partial charge is 0.478 e. The highest BCUT2D eigenvalue weighted by atomic mass is 32.2. The highest BCUT2D eigenvalue weighted by molar-refractivity contribution is 7.92. The average molecular weight is 311 g/mol. The number of aromatic carboxylic acids is 1. The number of nitrogens with zero attached hydrogens (tertiary/aromatic N) is 2. The minimum atomic E-state index is -4.01. The summed E-state index contributed by atoms with van der Waals surface area (Å²) in [6.45, 7) is 4.72. The molecule has 1 aromatic heterocycles. The van der Waals surface area contributed by atoms with Crippen molar-refractivity contribution in [2.75, 3.05) is 4.72 Å². The third-order valence-corrected chi connectivity index (χ3v) is 4.25. The molecule has 0 radical (unpaired) electrons. The van der Waals surface area contributed by atoms with Gasteiger partial charge in [0, 0.05) is 0 Å². The summed E-state index contributed by atoms with van der Waals surface area (Å²) in [4.78, 5) is 14.7. The molecule has 2 N–H and O–H groups in total. The number of carbonyl (C=O) groups is 1. The van der Waals surface area contributed by atoms with Crippen molar-refractivity contribution >= 4 is 22.0 Å². The van der Waals surface area contributed by atoms with E-state index in [1.54, 1.807) is 20.8 Å². The number of carboxylic acid groups (broad SMARTS) is 1. The first-order valence-electron chi connectivity index (χ1n) is 5.88. The molecule has 0 saturated heterocycles. The summed E-state index contributed by atoms with van der Waals surface area (Å²) in [6.07, 6.45) is 0. The number of hydrogen-bond acceptors (Lipinski definition) is 6. The van der Waals surface area contributed by atoms with E-state index in [0.717, 1.165) is 6.07 Å². The van der Waals surface area contributed by atoms with Gasteiger partial charge in [0.1, 0.15) is 0 Å². The van der Waals surface area contributed by atoms with Gasteiger partial charge in [0.15, 0.2) is 5.82 Å². The SMILES string of the molecule is Cc1noc(NS(=O)(=O)c2cc(C(=O)O)c(C)cc2C)n1. The van der Waals surface area contributed by atoms with Crippen molar-refractivity contribution < 1.29 is 22.8 Å². The van der Waals surface area contributed by atoms with Gasteiger partial charge < -0.3 is 9.63 Å². The lowest BCUT2D eigenvalue weighted by molar-refractivity contribution is 0.0696. The second-order valence-corrected chi connectivity index (χ2v) is 6.14. The average Bonchev–Trinajstić information content (AvgIpc) is 2.72. The number of sulfonamides is 1. The number of anilines is 1. The molecular formula is C12H13N3O5S. The molecule has 0 amide bonds.